The van der Waals surface area contributed by atoms with Crippen LogP contribution in [0.2, 0.25) is 0 Å². The molecule has 3 rings (SSSR count). The third-order valence-corrected chi connectivity index (χ3v) is 3.58. The van der Waals surface area contributed by atoms with Gasteiger partial charge in [0.2, 0.25) is 0 Å². The van der Waals surface area contributed by atoms with Crippen LogP contribution in [-0.4, -0.2) is 24.2 Å². The number of hydrogen-bond acceptors (Lipinski definition) is 5. The van der Waals surface area contributed by atoms with E-state index >= 15 is 0 Å². The molecule has 1 heterocycles. The van der Waals surface area contributed by atoms with Gasteiger partial charge in [-0.2, -0.15) is 0 Å². The zero-order valence-electron chi connectivity index (χ0n) is 13.3. The average Bonchev–Trinajstić information content (AvgIpc) is 2.61. The van der Waals surface area contributed by atoms with Crippen LogP contribution >= 0.6 is 0 Å². The minimum absolute atomic E-state index is 0.280. The fourth-order valence-corrected chi connectivity index (χ4v) is 2.38. The normalized spacial score (nSPS) is 10.5. The van der Waals surface area contributed by atoms with Gasteiger partial charge in [0.25, 0.3) is 0 Å². The van der Waals surface area contributed by atoms with Crippen LogP contribution in [0.25, 0.3) is 22.5 Å². The molecule has 0 saturated heterocycles. The first kappa shape index (κ1) is 15.7. The van der Waals surface area contributed by atoms with Crippen molar-refractivity contribution >= 4 is 5.82 Å². The summed E-state index contributed by atoms with van der Waals surface area (Å²) in [6.07, 6.45) is 1.52. The summed E-state index contributed by atoms with van der Waals surface area (Å²) in [5.74, 6) is 1.11. The maximum absolute atomic E-state index is 13.4. The fraction of sp³-hybridized carbons (Fsp3) is 0.111. The van der Waals surface area contributed by atoms with Crippen molar-refractivity contribution < 1.29 is 13.9 Å². The monoisotopic (exact) mass is 325 g/mol. The zero-order chi connectivity index (χ0) is 17.1. The lowest BCUT2D eigenvalue weighted by Gasteiger charge is -2.11. The second kappa shape index (κ2) is 6.54. The van der Waals surface area contributed by atoms with Gasteiger partial charge in [0, 0.05) is 11.1 Å². The number of halogens is 1. The molecule has 0 aliphatic rings. The summed E-state index contributed by atoms with van der Waals surface area (Å²) in [6, 6.07) is 11.5. The summed E-state index contributed by atoms with van der Waals surface area (Å²) < 4.78 is 24.0. The predicted octanol–water partition coefficient (Wildman–Crippen LogP) is 3.55. The topological polar surface area (TPSA) is 70.3 Å². The van der Waals surface area contributed by atoms with E-state index in [1.54, 1.807) is 38.5 Å². The maximum atomic E-state index is 13.4. The Bertz CT molecular complexity index is 884. The molecule has 1 aromatic heterocycles. The number of nitrogens with zero attached hydrogens (tertiary/aromatic N) is 2. The van der Waals surface area contributed by atoms with E-state index in [1.807, 2.05) is 6.07 Å². The molecule has 0 fully saturated rings. The number of ether oxygens (including phenoxy) is 2. The number of anilines is 1. The van der Waals surface area contributed by atoms with E-state index in [0.29, 0.717) is 28.5 Å². The number of nitrogens with two attached hydrogens (primary N) is 1. The highest BCUT2D eigenvalue weighted by atomic mass is 19.1. The first-order valence-electron chi connectivity index (χ1n) is 7.23. The Kier molecular flexibility index (Phi) is 4.29. The minimum atomic E-state index is -0.334. The smallest absolute Gasteiger partial charge is 0.161 e. The van der Waals surface area contributed by atoms with Gasteiger partial charge in [-0.15, -0.1) is 0 Å². The van der Waals surface area contributed by atoms with Gasteiger partial charge in [-0.1, -0.05) is 12.1 Å². The summed E-state index contributed by atoms with van der Waals surface area (Å²) >= 11 is 0. The van der Waals surface area contributed by atoms with Crippen LogP contribution in [0.3, 0.4) is 0 Å². The zero-order valence-corrected chi connectivity index (χ0v) is 13.3. The molecular formula is C18H16FN3O2. The molecule has 0 spiro atoms. The SMILES string of the molecule is COc1ccc(-c2nc(-c3cccc(F)c3)cnc2N)cc1OC. The number of nitrogen functional groups attached to an aromatic ring is 1. The van der Waals surface area contributed by atoms with E-state index < -0.39 is 0 Å². The van der Waals surface area contributed by atoms with Crippen molar-refractivity contribution in [2.45, 2.75) is 0 Å². The Balaban J connectivity index is 2.10. The molecule has 0 atom stereocenters. The van der Waals surface area contributed by atoms with E-state index in [1.165, 1.54) is 18.3 Å². The van der Waals surface area contributed by atoms with Crippen LogP contribution in [0, 0.1) is 5.82 Å². The van der Waals surface area contributed by atoms with Gasteiger partial charge in [0.15, 0.2) is 11.5 Å². The van der Waals surface area contributed by atoms with Crippen LogP contribution in [-0.2, 0) is 0 Å². The van der Waals surface area contributed by atoms with Crippen LogP contribution in [0.5, 0.6) is 11.5 Å². The lowest BCUT2D eigenvalue weighted by molar-refractivity contribution is 0.355. The largest absolute Gasteiger partial charge is 0.493 e. The molecule has 0 aliphatic carbocycles. The Labute approximate surface area is 138 Å². The lowest BCUT2D eigenvalue weighted by atomic mass is 10.1. The van der Waals surface area contributed by atoms with Gasteiger partial charge in [-0.3, -0.25) is 0 Å². The van der Waals surface area contributed by atoms with Gasteiger partial charge in [-0.25, -0.2) is 14.4 Å². The van der Waals surface area contributed by atoms with E-state index in [0.717, 1.165) is 5.56 Å². The van der Waals surface area contributed by atoms with Gasteiger partial charge < -0.3 is 15.2 Å². The van der Waals surface area contributed by atoms with E-state index in [9.17, 15) is 4.39 Å². The van der Waals surface area contributed by atoms with Crippen molar-refractivity contribution in [3.05, 3.63) is 54.5 Å². The Morgan fingerprint density at radius 2 is 1.75 bits per heavy atom. The van der Waals surface area contributed by atoms with Crippen molar-refractivity contribution in [2.75, 3.05) is 20.0 Å². The second-order valence-electron chi connectivity index (χ2n) is 5.07. The summed E-state index contributed by atoms with van der Waals surface area (Å²) in [7, 11) is 3.12. The van der Waals surface area contributed by atoms with Gasteiger partial charge in [-0.05, 0) is 30.3 Å². The van der Waals surface area contributed by atoms with Crippen LogP contribution < -0.4 is 15.2 Å². The molecular weight excluding hydrogens is 309 g/mol. The number of aromatic nitrogens is 2. The first-order valence-corrected chi connectivity index (χ1v) is 7.23. The third-order valence-electron chi connectivity index (χ3n) is 3.58. The number of methoxy groups -OCH3 is 2. The molecule has 122 valence electrons. The molecule has 6 heteroatoms. The summed E-state index contributed by atoms with van der Waals surface area (Å²) in [5.41, 5.74) is 8.37. The Morgan fingerprint density at radius 1 is 0.958 bits per heavy atom. The average molecular weight is 325 g/mol. The maximum Gasteiger partial charge on any atom is 0.161 e. The second-order valence-corrected chi connectivity index (χ2v) is 5.07. The highest BCUT2D eigenvalue weighted by Crippen LogP contribution is 2.34. The highest BCUT2D eigenvalue weighted by molar-refractivity contribution is 5.74. The molecule has 0 radical (unpaired) electrons. The van der Waals surface area contributed by atoms with E-state index in [4.69, 9.17) is 15.2 Å². The van der Waals surface area contributed by atoms with Crippen molar-refractivity contribution in [1.29, 1.82) is 0 Å². The molecule has 24 heavy (non-hydrogen) atoms. The van der Waals surface area contributed by atoms with Gasteiger partial charge in [0.05, 0.1) is 26.1 Å². The summed E-state index contributed by atoms with van der Waals surface area (Å²) in [6.45, 7) is 0. The molecule has 2 aromatic carbocycles. The molecule has 0 bridgehead atoms. The van der Waals surface area contributed by atoms with Crippen molar-refractivity contribution in [2.24, 2.45) is 0 Å². The summed E-state index contributed by atoms with van der Waals surface area (Å²) in [4.78, 5) is 8.71. The van der Waals surface area contributed by atoms with Crippen LogP contribution in [0.4, 0.5) is 10.2 Å². The quantitative estimate of drug-likeness (QED) is 0.794. The highest BCUT2D eigenvalue weighted by Gasteiger charge is 2.12. The molecule has 0 saturated carbocycles. The van der Waals surface area contributed by atoms with E-state index in [-0.39, 0.29) is 11.6 Å². The molecule has 2 N–H and O–H groups in total. The fourth-order valence-electron chi connectivity index (χ4n) is 2.38. The molecule has 0 unspecified atom stereocenters. The van der Waals surface area contributed by atoms with Crippen molar-refractivity contribution in [3.8, 4) is 34.0 Å². The number of rotatable bonds is 4. The standard InChI is InChI=1S/C18H16FN3O2/c1-23-15-7-6-12(9-16(15)24-2)17-18(20)21-10-14(22-17)11-4-3-5-13(19)8-11/h3-10H,1-2H3,(H2,20,21). The summed E-state index contributed by atoms with van der Waals surface area (Å²) in [5, 5.41) is 0. The van der Waals surface area contributed by atoms with Gasteiger partial charge >= 0.3 is 0 Å². The first-order chi connectivity index (χ1) is 11.6. The Morgan fingerprint density at radius 3 is 2.46 bits per heavy atom. The molecule has 5 nitrogen and oxygen atoms in total. The van der Waals surface area contributed by atoms with Crippen molar-refractivity contribution in [1.82, 2.24) is 9.97 Å². The molecule has 0 aliphatic heterocycles. The number of hydrogen-bond donors (Lipinski definition) is 1. The predicted molar refractivity (Wildman–Crippen MR) is 90.4 cm³/mol. The Hall–Kier alpha value is -3.15. The van der Waals surface area contributed by atoms with Crippen molar-refractivity contribution in [3.63, 3.8) is 0 Å². The third kappa shape index (κ3) is 2.99. The van der Waals surface area contributed by atoms with Crippen LogP contribution in [0.15, 0.2) is 48.7 Å². The van der Waals surface area contributed by atoms with Gasteiger partial charge in [0.1, 0.15) is 17.3 Å². The molecule has 3 aromatic rings. The van der Waals surface area contributed by atoms with E-state index in [2.05, 4.69) is 9.97 Å². The number of benzene rings is 2. The minimum Gasteiger partial charge on any atom is -0.493 e. The van der Waals surface area contributed by atoms with Crippen LogP contribution in [0.1, 0.15) is 0 Å². The molecule has 0 amide bonds. The lowest BCUT2D eigenvalue weighted by Crippen LogP contribution is -2.00.